The van der Waals surface area contributed by atoms with Gasteiger partial charge in [0, 0.05) is 60.9 Å². The SMILES string of the molecule is Cc1c(F)ccc2cc(C(C)Nc3ccnc4ccnn34)c(N3CCN(C(=O)C4CC4)CC3)nc12. The lowest BCUT2D eigenvalue weighted by molar-refractivity contribution is -0.132. The second-order valence-electron chi connectivity index (χ2n) is 9.53. The number of piperazine rings is 1. The van der Waals surface area contributed by atoms with Crippen LogP contribution >= 0.6 is 0 Å². The summed E-state index contributed by atoms with van der Waals surface area (Å²) >= 11 is 0. The fourth-order valence-electron chi connectivity index (χ4n) is 4.91. The lowest BCUT2D eigenvalue weighted by atomic mass is 10.0. The quantitative estimate of drug-likeness (QED) is 0.473. The zero-order valence-electron chi connectivity index (χ0n) is 19.9. The van der Waals surface area contributed by atoms with Gasteiger partial charge in [0.25, 0.3) is 0 Å². The van der Waals surface area contributed by atoms with Gasteiger partial charge in [-0.3, -0.25) is 4.79 Å². The Morgan fingerprint density at radius 1 is 1.11 bits per heavy atom. The van der Waals surface area contributed by atoms with Crippen molar-refractivity contribution in [2.45, 2.75) is 32.7 Å². The van der Waals surface area contributed by atoms with Gasteiger partial charge >= 0.3 is 0 Å². The Kier molecular flexibility index (Phi) is 5.27. The first-order valence-corrected chi connectivity index (χ1v) is 12.2. The fraction of sp³-hybridized carbons (Fsp3) is 0.385. The van der Waals surface area contributed by atoms with Crippen molar-refractivity contribution in [2.75, 3.05) is 36.4 Å². The van der Waals surface area contributed by atoms with Crippen molar-refractivity contribution in [2.24, 2.45) is 5.92 Å². The van der Waals surface area contributed by atoms with E-state index in [1.54, 1.807) is 29.9 Å². The highest BCUT2D eigenvalue weighted by molar-refractivity contribution is 5.85. The van der Waals surface area contributed by atoms with Crippen LogP contribution in [0.4, 0.5) is 16.0 Å². The normalized spacial score (nSPS) is 17.2. The van der Waals surface area contributed by atoms with Gasteiger partial charge in [-0.25, -0.2) is 14.4 Å². The molecule has 4 aromatic rings. The van der Waals surface area contributed by atoms with E-state index in [9.17, 15) is 9.18 Å². The summed E-state index contributed by atoms with van der Waals surface area (Å²) in [5.41, 5.74) is 3.00. The average molecular weight is 474 g/mol. The van der Waals surface area contributed by atoms with E-state index in [4.69, 9.17) is 4.98 Å². The number of amides is 1. The van der Waals surface area contributed by atoms with E-state index < -0.39 is 0 Å². The van der Waals surface area contributed by atoms with E-state index in [1.165, 1.54) is 6.07 Å². The highest BCUT2D eigenvalue weighted by atomic mass is 19.1. The third-order valence-electron chi connectivity index (χ3n) is 7.12. The van der Waals surface area contributed by atoms with Crippen molar-refractivity contribution in [1.29, 1.82) is 0 Å². The minimum Gasteiger partial charge on any atom is -0.363 e. The molecular formula is C26H28FN7O. The average Bonchev–Trinajstić information content (AvgIpc) is 3.62. The van der Waals surface area contributed by atoms with Gasteiger partial charge in [0.15, 0.2) is 5.65 Å². The van der Waals surface area contributed by atoms with Gasteiger partial charge in [0.05, 0.1) is 17.8 Å². The molecule has 1 saturated carbocycles. The number of benzene rings is 1. The number of pyridine rings is 1. The predicted octanol–water partition coefficient (Wildman–Crippen LogP) is 3.96. The van der Waals surface area contributed by atoms with Crippen LogP contribution in [0.25, 0.3) is 16.6 Å². The molecule has 1 saturated heterocycles. The molecule has 0 bridgehead atoms. The number of carbonyl (C=O) groups excluding carboxylic acids is 1. The molecule has 0 spiro atoms. The zero-order chi connectivity index (χ0) is 24.1. The van der Waals surface area contributed by atoms with Crippen molar-refractivity contribution in [1.82, 2.24) is 24.5 Å². The second kappa shape index (κ2) is 8.48. The van der Waals surface area contributed by atoms with Gasteiger partial charge in [-0.15, -0.1) is 0 Å². The third-order valence-corrected chi connectivity index (χ3v) is 7.12. The van der Waals surface area contributed by atoms with Crippen LogP contribution in [0.15, 0.2) is 42.7 Å². The standard InChI is InChI=1S/C26H28FN7O/c1-16-21(27)6-5-19-15-20(17(2)30-23-7-9-28-22-8-10-29-34(22)23)25(31-24(16)19)32-11-13-33(14-12-32)26(35)18-3-4-18/h5-10,15,17-18,30H,3-4,11-14H2,1-2H3. The molecule has 180 valence electrons. The summed E-state index contributed by atoms with van der Waals surface area (Å²) < 4.78 is 16.2. The van der Waals surface area contributed by atoms with Crippen molar-refractivity contribution in [3.8, 4) is 0 Å². The van der Waals surface area contributed by atoms with Gasteiger partial charge in [0.1, 0.15) is 17.5 Å². The molecule has 1 atom stereocenters. The summed E-state index contributed by atoms with van der Waals surface area (Å²) in [6.07, 6.45) is 5.51. The lowest BCUT2D eigenvalue weighted by Crippen LogP contribution is -2.49. The number of halogens is 1. The van der Waals surface area contributed by atoms with Crippen LogP contribution in [0.5, 0.6) is 0 Å². The summed E-state index contributed by atoms with van der Waals surface area (Å²) in [5.74, 6) is 1.91. The first kappa shape index (κ1) is 21.8. The lowest BCUT2D eigenvalue weighted by Gasteiger charge is -2.37. The molecule has 35 heavy (non-hydrogen) atoms. The topological polar surface area (TPSA) is 78.7 Å². The Labute approximate surface area is 202 Å². The Morgan fingerprint density at radius 3 is 2.69 bits per heavy atom. The van der Waals surface area contributed by atoms with Crippen LogP contribution in [-0.4, -0.2) is 56.6 Å². The second-order valence-corrected chi connectivity index (χ2v) is 9.53. The Balaban J connectivity index is 1.36. The Hall–Kier alpha value is -3.75. The van der Waals surface area contributed by atoms with Gasteiger partial charge < -0.3 is 15.1 Å². The molecule has 3 aromatic heterocycles. The molecule has 6 rings (SSSR count). The van der Waals surface area contributed by atoms with Crippen molar-refractivity contribution >= 4 is 34.1 Å². The van der Waals surface area contributed by atoms with Crippen molar-refractivity contribution in [3.05, 3.63) is 59.7 Å². The van der Waals surface area contributed by atoms with E-state index in [1.807, 2.05) is 17.0 Å². The monoisotopic (exact) mass is 473 g/mol. The summed E-state index contributed by atoms with van der Waals surface area (Å²) in [6, 6.07) is 9.04. The first-order chi connectivity index (χ1) is 17.0. The number of carbonyl (C=O) groups is 1. The largest absolute Gasteiger partial charge is 0.363 e. The number of hydrogen-bond donors (Lipinski definition) is 1. The smallest absolute Gasteiger partial charge is 0.225 e. The third kappa shape index (κ3) is 3.94. The van der Waals surface area contributed by atoms with Gasteiger partial charge in [0.2, 0.25) is 5.91 Å². The van der Waals surface area contributed by atoms with Crippen LogP contribution in [0.3, 0.4) is 0 Å². The molecule has 1 amide bonds. The zero-order valence-corrected chi connectivity index (χ0v) is 19.9. The van der Waals surface area contributed by atoms with E-state index in [-0.39, 0.29) is 23.7 Å². The molecule has 1 aliphatic heterocycles. The molecular weight excluding hydrogens is 445 g/mol. The van der Waals surface area contributed by atoms with Crippen LogP contribution in [0.2, 0.25) is 0 Å². The van der Waals surface area contributed by atoms with E-state index in [0.717, 1.165) is 41.1 Å². The van der Waals surface area contributed by atoms with Crippen LogP contribution in [0, 0.1) is 18.7 Å². The molecule has 2 aliphatic rings. The van der Waals surface area contributed by atoms with Crippen LogP contribution in [-0.2, 0) is 4.79 Å². The Bertz CT molecular complexity index is 1420. The highest BCUT2D eigenvalue weighted by Crippen LogP contribution is 2.34. The Morgan fingerprint density at radius 2 is 1.91 bits per heavy atom. The summed E-state index contributed by atoms with van der Waals surface area (Å²) in [6.45, 7) is 6.61. The summed E-state index contributed by atoms with van der Waals surface area (Å²) in [5, 5.41) is 8.84. The summed E-state index contributed by atoms with van der Waals surface area (Å²) in [7, 11) is 0. The molecule has 4 heterocycles. The molecule has 1 unspecified atom stereocenters. The molecule has 8 nitrogen and oxygen atoms in total. The number of nitrogens with one attached hydrogen (secondary N) is 1. The maximum atomic E-state index is 14.4. The minimum atomic E-state index is -0.257. The molecule has 2 fully saturated rings. The number of anilines is 2. The number of rotatable bonds is 5. The van der Waals surface area contributed by atoms with Gasteiger partial charge in [-0.05, 0) is 51.0 Å². The highest BCUT2D eigenvalue weighted by Gasteiger charge is 2.35. The molecule has 1 N–H and O–H groups in total. The number of fused-ring (bicyclic) bond motifs is 2. The number of aryl methyl sites for hydroxylation is 1. The number of hydrogen-bond acceptors (Lipinski definition) is 6. The van der Waals surface area contributed by atoms with Crippen LogP contribution in [0.1, 0.15) is 36.9 Å². The summed E-state index contributed by atoms with van der Waals surface area (Å²) in [4.78, 5) is 26.1. The van der Waals surface area contributed by atoms with E-state index in [2.05, 4.69) is 33.3 Å². The first-order valence-electron chi connectivity index (χ1n) is 12.2. The van der Waals surface area contributed by atoms with Crippen molar-refractivity contribution in [3.63, 3.8) is 0 Å². The number of nitrogens with zero attached hydrogens (tertiary/aromatic N) is 6. The molecule has 0 radical (unpaired) electrons. The van der Waals surface area contributed by atoms with Crippen molar-refractivity contribution < 1.29 is 9.18 Å². The maximum Gasteiger partial charge on any atom is 0.225 e. The maximum absolute atomic E-state index is 14.4. The number of aromatic nitrogens is 4. The fourth-order valence-corrected chi connectivity index (χ4v) is 4.91. The van der Waals surface area contributed by atoms with E-state index in [0.29, 0.717) is 37.3 Å². The van der Waals surface area contributed by atoms with Gasteiger partial charge in [-0.2, -0.15) is 9.61 Å². The minimum absolute atomic E-state index is 0.104. The van der Waals surface area contributed by atoms with E-state index >= 15 is 0 Å². The molecule has 1 aromatic carbocycles. The van der Waals surface area contributed by atoms with Gasteiger partial charge in [-0.1, -0.05) is 0 Å². The predicted molar refractivity (Wildman–Crippen MR) is 133 cm³/mol. The molecule has 9 heteroatoms. The van der Waals surface area contributed by atoms with Crippen LogP contribution < -0.4 is 10.2 Å². The molecule has 1 aliphatic carbocycles.